The smallest absolute Gasteiger partial charge is 0.225 e. The second-order valence-electron chi connectivity index (χ2n) is 4.44. The van der Waals surface area contributed by atoms with Gasteiger partial charge in [0.1, 0.15) is 10.6 Å². The molecular formula is C13H17ClN4OS. The van der Waals surface area contributed by atoms with Crippen molar-refractivity contribution in [3.63, 3.8) is 0 Å². The van der Waals surface area contributed by atoms with Gasteiger partial charge in [0.05, 0.1) is 5.39 Å². The van der Waals surface area contributed by atoms with Gasteiger partial charge in [-0.2, -0.15) is 0 Å². The van der Waals surface area contributed by atoms with E-state index in [-0.39, 0.29) is 11.2 Å². The molecule has 2 rings (SSSR count). The topological polar surface area (TPSA) is 66.9 Å². The minimum absolute atomic E-state index is 0.0391. The maximum absolute atomic E-state index is 11.5. The number of amides is 1. The summed E-state index contributed by atoms with van der Waals surface area (Å²) >= 11 is 7.48. The molecule has 0 aromatic carbocycles. The maximum atomic E-state index is 11.5. The van der Waals surface area contributed by atoms with E-state index in [0.29, 0.717) is 25.3 Å². The molecule has 2 aromatic heterocycles. The van der Waals surface area contributed by atoms with Gasteiger partial charge in [-0.25, -0.2) is 9.97 Å². The van der Waals surface area contributed by atoms with E-state index < -0.39 is 0 Å². The van der Waals surface area contributed by atoms with Gasteiger partial charge in [0.2, 0.25) is 11.2 Å². The van der Waals surface area contributed by atoms with E-state index in [1.165, 1.54) is 0 Å². The average molecular weight is 313 g/mol. The number of aryl methyl sites for hydroxylation is 1. The molecule has 0 bridgehead atoms. The lowest BCUT2D eigenvalue weighted by Gasteiger charge is -2.07. The molecule has 2 aromatic rings. The Morgan fingerprint density at radius 1 is 1.40 bits per heavy atom. The third-order valence-electron chi connectivity index (χ3n) is 2.71. The van der Waals surface area contributed by atoms with Crippen LogP contribution in [0.5, 0.6) is 0 Å². The molecule has 2 N–H and O–H groups in total. The molecule has 20 heavy (non-hydrogen) atoms. The van der Waals surface area contributed by atoms with Crippen LogP contribution in [0, 0.1) is 6.92 Å². The second-order valence-corrected chi connectivity index (χ2v) is 6.02. The first-order valence-corrected chi connectivity index (χ1v) is 7.74. The van der Waals surface area contributed by atoms with E-state index in [4.69, 9.17) is 11.6 Å². The number of hydrogen-bond donors (Lipinski definition) is 2. The van der Waals surface area contributed by atoms with Crippen molar-refractivity contribution in [2.75, 3.05) is 18.4 Å². The van der Waals surface area contributed by atoms with Gasteiger partial charge in [0.15, 0.2) is 0 Å². The van der Waals surface area contributed by atoms with Gasteiger partial charge in [-0.05, 0) is 31.0 Å². The van der Waals surface area contributed by atoms with E-state index in [2.05, 4.69) is 20.6 Å². The van der Waals surface area contributed by atoms with Crippen LogP contribution in [0.3, 0.4) is 0 Å². The summed E-state index contributed by atoms with van der Waals surface area (Å²) in [6.45, 7) is 5.28. The molecule has 0 aliphatic heterocycles. The molecular weight excluding hydrogens is 296 g/mol. The van der Waals surface area contributed by atoms with Gasteiger partial charge in [0, 0.05) is 24.4 Å². The largest absolute Gasteiger partial charge is 0.369 e. The normalized spacial score (nSPS) is 10.8. The number of nitrogens with one attached hydrogen (secondary N) is 2. The molecule has 2 heterocycles. The predicted molar refractivity (Wildman–Crippen MR) is 83.6 cm³/mol. The van der Waals surface area contributed by atoms with Gasteiger partial charge in [0.25, 0.3) is 0 Å². The quantitative estimate of drug-likeness (QED) is 0.805. The molecule has 0 saturated heterocycles. The Hall–Kier alpha value is -1.40. The van der Waals surface area contributed by atoms with Crippen LogP contribution in [-0.4, -0.2) is 29.0 Å². The highest BCUT2D eigenvalue weighted by atomic mass is 35.5. The van der Waals surface area contributed by atoms with Crippen LogP contribution in [0.25, 0.3) is 10.2 Å². The monoisotopic (exact) mass is 312 g/mol. The van der Waals surface area contributed by atoms with Crippen molar-refractivity contribution in [3.05, 3.63) is 16.2 Å². The number of anilines is 1. The van der Waals surface area contributed by atoms with Crippen LogP contribution in [0.2, 0.25) is 5.28 Å². The Bertz CT molecular complexity index is 614. The van der Waals surface area contributed by atoms with Crippen LogP contribution >= 0.6 is 22.9 Å². The Kier molecular flexibility index (Phi) is 5.14. The Labute approximate surface area is 126 Å². The minimum Gasteiger partial charge on any atom is -0.369 e. The lowest BCUT2D eigenvalue weighted by atomic mass is 10.3. The fraction of sp³-hybridized carbons (Fsp3) is 0.462. The summed E-state index contributed by atoms with van der Waals surface area (Å²) in [6.07, 6.45) is 1.35. The number of carbonyl (C=O) groups excluding carboxylic acids is 1. The van der Waals surface area contributed by atoms with Gasteiger partial charge < -0.3 is 10.6 Å². The summed E-state index contributed by atoms with van der Waals surface area (Å²) in [5.74, 6) is 0.727. The van der Waals surface area contributed by atoms with Gasteiger partial charge >= 0.3 is 0 Å². The van der Waals surface area contributed by atoms with Crippen molar-refractivity contribution in [1.82, 2.24) is 15.3 Å². The summed E-state index contributed by atoms with van der Waals surface area (Å²) in [6, 6.07) is 2.02. The van der Waals surface area contributed by atoms with E-state index in [1.54, 1.807) is 11.3 Å². The van der Waals surface area contributed by atoms with Gasteiger partial charge in [-0.3, -0.25) is 4.79 Å². The molecule has 5 nitrogen and oxygen atoms in total. The van der Waals surface area contributed by atoms with Crippen LogP contribution in [0.4, 0.5) is 5.82 Å². The standard InChI is InChI=1S/C13H17ClN4OS/c1-3-5-15-10(19)4-6-16-11-9-7-8(2)20-12(9)18-13(14)17-11/h7H,3-6H2,1-2H3,(H,15,19)(H,16,17,18). The average Bonchev–Trinajstić information content (AvgIpc) is 2.76. The number of aromatic nitrogens is 2. The maximum Gasteiger partial charge on any atom is 0.225 e. The van der Waals surface area contributed by atoms with E-state index >= 15 is 0 Å². The fourth-order valence-electron chi connectivity index (χ4n) is 1.80. The molecule has 0 aliphatic rings. The number of fused-ring (bicyclic) bond motifs is 1. The van der Waals surface area contributed by atoms with E-state index in [1.807, 2.05) is 19.9 Å². The molecule has 7 heteroatoms. The molecule has 1 amide bonds. The van der Waals surface area contributed by atoms with Gasteiger partial charge in [-0.15, -0.1) is 11.3 Å². The first-order valence-electron chi connectivity index (χ1n) is 6.54. The third kappa shape index (κ3) is 3.80. The summed E-state index contributed by atoms with van der Waals surface area (Å²) in [4.78, 5) is 21.9. The summed E-state index contributed by atoms with van der Waals surface area (Å²) in [5, 5.41) is 7.16. The molecule has 0 aliphatic carbocycles. The molecule has 0 fully saturated rings. The molecule has 108 valence electrons. The van der Waals surface area contributed by atoms with Crippen molar-refractivity contribution < 1.29 is 4.79 Å². The van der Waals surface area contributed by atoms with Crippen molar-refractivity contribution in [3.8, 4) is 0 Å². The molecule has 0 unspecified atom stereocenters. The molecule has 0 radical (unpaired) electrons. The fourth-order valence-corrected chi connectivity index (χ4v) is 2.90. The highest BCUT2D eigenvalue weighted by Crippen LogP contribution is 2.29. The van der Waals surface area contributed by atoms with Crippen molar-refractivity contribution in [2.45, 2.75) is 26.7 Å². The Morgan fingerprint density at radius 2 is 2.20 bits per heavy atom. The highest BCUT2D eigenvalue weighted by molar-refractivity contribution is 7.18. The summed E-state index contributed by atoms with van der Waals surface area (Å²) in [7, 11) is 0. The lowest BCUT2D eigenvalue weighted by molar-refractivity contribution is -0.120. The van der Waals surface area contributed by atoms with Crippen LogP contribution in [-0.2, 0) is 4.79 Å². The number of halogens is 1. The van der Waals surface area contributed by atoms with Crippen LogP contribution in [0.1, 0.15) is 24.6 Å². The highest BCUT2D eigenvalue weighted by Gasteiger charge is 2.09. The van der Waals surface area contributed by atoms with Crippen molar-refractivity contribution in [1.29, 1.82) is 0 Å². The second kappa shape index (κ2) is 6.85. The molecule has 0 saturated carbocycles. The van der Waals surface area contributed by atoms with Crippen LogP contribution < -0.4 is 10.6 Å². The summed E-state index contributed by atoms with van der Waals surface area (Å²) < 4.78 is 0. The predicted octanol–water partition coefficient (Wildman–Crippen LogP) is 2.98. The first-order chi connectivity index (χ1) is 9.60. The lowest BCUT2D eigenvalue weighted by Crippen LogP contribution is -2.26. The molecule has 0 atom stereocenters. The zero-order valence-electron chi connectivity index (χ0n) is 11.5. The summed E-state index contributed by atoms with van der Waals surface area (Å²) in [5.41, 5.74) is 0. The number of nitrogens with zero attached hydrogens (tertiary/aromatic N) is 2. The number of hydrogen-bond acceptors (Lipinski definition) is 5. The third-order valence-corrected chi connectivity index (χ3v) is 3.82. The van der Waals surface area contributed by atoms with Gasteiger partial charge in [-0.1, -0.05) is 6.92 Å². The van der Waals surface area contributed by atoms with E-state index in [9.17, 15) is 4.79 Å². The number of rotatable bonds is 6. The Balaban J connectivity index is 2.00. The zero-order valence-corrected chi connectivity index (χ0v) is 13.1. The number of thiophene rings is 1. The van der Waals surface area contributed by atoms with Crippen LogP contribution in [0.15, 0.2) is 6.07 Å². The van der Waals surface area contributed by atoms with Crippen molar-refractivity contribution in [2.24, 2.45) is 0 Å². The zero-order chi connectivity index (χ0) is 14.5. The number of carbonyl (C=O) groups is 1. The SMILES string of the molecule is CCCNC(=O)CCNc1nc(Cl)nc2sc(C)cc12. The van der Waals surface area contributed by atoms with Crippen molar-refractivity contribution >= 4 is 44.9 Å². The first kappa shape index (κ1) is 15.0. The molecule has 0 spiro atoms. The van der Waals surface area contributed by atoms with E-state index in [0.717, 1.165) is 21.5 Å². The minimum atomic E-state index is 0.0391. The Morgan fingerprint density at radius 3 is 2.95 bits per heavy atom.